The Bertz CT molecular complexity index is 588. The first-order chi connectivity index (χ1) is 9.13. The van der Waals surface area contributed by atoms with Gasteiger partial charge in [-0.1, -0.05) is 31.2 Å². The summed E-state index contributed by atoms with van der Waals surface area (Å²) in [6.45, 7) is 3.77. The summed E-state index contributed by atoms with van der Waals surface area (Å²) in [7, 11) is 0. The van der Waals surface area contributed by atoms with Crippen molar-refractivity contribution in [3.63, 3.8) is 0 Å². The molecule has 0 amide bonds. The average Bonchev–Trinajstić information content (AvgIpc) is 2.43. The fraction of sp³-hybridized carbons (Fsp3) is 0.312. The van der Waals surface area contributed by atoms with Gasteiger partial charge in [0, 0.05) is 17.4 Å². The second-order valence-corrected chi connectivity index (χ2v) is 4.59. The van der Waals surface area contributed by atoms with E-state index in [1.807, 2.05) is 31.2 Å². The lowest BCUT2D eigenvalue weighted by atomic mass is 9.99. The van der Waals surface area contributed by atoms with Gasteiger partial charge in [-0.15, -0.1) is 0 Å². The van der Waals surface area contributed by atoms with Crippen LogP contribution in [0.3, 0.4) is 0 Å². The number of aliphatic hydroxyl groups excluding tert-OH is 1. The van der Waals surface area contributed by atoms with Crippen LogP contribution in [0, 0.1) is 0 Å². The van der Waals surface area contributed by atoms with Crippen molar-refractivity contribution in [1.82, 2.24) is 0 Å². The van der Waals surface area contributed by atoms with Gasteiger partial charge >= 0.3 is 0 Å². The number of rotatable bonds is 5. The molecule has 3 nitrogen and oxygen atoms in total. The van der Waals surface area contributed by atoms with Crippen LogP contribution in [0.4, 0.5) is 0 Å². The van der Waals surface area contributed by atoms with E-state index in [0.717, 1.165) is 16.3 Å². The van der Waals surface area contributed by atoms with Crippen LogP contribution in [-0.4, -0.2) is 23.6 Å². The van der Waals surface area contributed by atoms with Crippen molar-refractivity contribution in [2.75, 3.05) is 6.61 Å². The minimum Gasteiger partial charge on any atom is -0.490 e. The lowest BCUT2D eigenvalue weighted by molar-refractivity contribution is 0.0989. The summed E-state index contributed by atoms with van der Waals surface area (Å²) >= 11 is 0. The third kappa shape index (κ3) is 2.93. The Kier molecular flexibility index (Phi) is 4.17. The molecule has 0 fully saturated rings. The van der Waals surface area contributed by atoms with Gasteiger partial charge in [0.05, 0.1) is 6.10 Å². The van der Waals surface area contributed by atoms with E-state index in [0.29, 0.717) is 12.2 Å². The van der Waals surface area contributed by atoms with Crippen molar-refractivity contribution in [3.05, 3.63) is 42.0 Å². The number of Topliss-reactive ketones (excluding diaryl/α,β-unsaturated/α-hetero) is 1. The first kappa shape index (κ1) is 13.6. The largest absolute Gasteiger partial charge is 0.490 e. The Labute approximate surface area is 112 Å². The van der Waals surface area contributed by atoms with Crippen molar-refractivity contribution in [1.29, 1.82) is 0 Å². The Morgan fingerprint density at radius 3 is 2.53 bits per heavy atom. The van der Waals surface area contributed by atoms with Gasteiger partial charge in [-0.2, -0.15) is 0 Å². The van der Waals surface area contributed by atoms with Crippen LogP contribution in [0.5, 0.6) is 5.75 Å². The number of hydrogen-bond donors (Lipinski definition) is 1. The van der Waals surface area contributed by atoms with Crippen molar-refractivity contribution in [3.8, 4) is 5.75 Å². The highest BCUT2D eigenvalue weighted by Gasteiger charge is 2.11. The Morgan fingerprint density at radius 1 is 1.21 bits per heavy atom. The standard InChI is InChI=1S/C16H18O3/c1-3-15(18)13-8-9-16(19-10-11(2)17)14-7-5-4-6-12(13)14/h4-9,11,17H,3,10H2,1-2H3/t11-/m0/s1. The van der Waals surface area contributed by atoms with Crippen LogP contribution in [0.25, 0.3) is 10.8 Å². The topological polar surface area (TPSA) is 46.5 Å². The lowest BCUT2D eigenvalue weighted by Gasteiger charge is -2.12. The Morgan fingerprint density at radius 2 is 1.89 bits per heavy atom. The van der Waals surface area contributed by atoms with E-state index in [-0.39, 0.29) is 12.4 Å². The van der Waals surface area contributed by atoms with Crippen molar-refractivity contribution < 1.29 is 14.6 Å². The fourth-order valence-electron chi connectivity index (χ4n) is 2.04. The zero-order valence-electron chi connectivity index (χ0n) is 11.2. The molecule has 0 aliphatic carbocycles. The summed E-state index contributed by atoms with van der Waals surface area (Å²) in [4.78, 5) is 11.9. The molecule has 0 aromatic heterocycles. The minimum atomic E-state index is -0.518. The molecule has 1 atom stereocenters. The molecule has 0 saturated carbocycles. The molecular weight excluding hydrogens is 240 g/mol. The Balaban J connectivity index is 2.49. The van der Waals surface area contributed by atoms with Gasteiger partial charge in [0.1, 0.15) is 12.4 Å². The highest BCUT2D eigenvalue weighted by Crippen LogP contribution is 2.29. The monoisotopic (exact) mass is 258 g/mol. The third-order valence-corrected chi connectivity index (χ3v) is 2.99. The highest BCUT2D eigenvalue weighted by atomic mass is 16.5. The number of ether oxygens (including phenoxy) is 1. The number of carbonyl (C=O) groups is 1. The van der Waals surface area contributed by atoms with Gasteiger partial charge in [-0.05, 0) is 24.4 Å². The maximum Gasteiger partial charge on any atom is 0.163 e. The zero-order chi connectivity index (χ0) is 13.8. The number of ketones is 1. The molecule has 1 N–H and O–H groups in total. The molecular formula is C16H18O3. The van der Waals surface area contributed by atoms with Crippen molar-refractivity contribution >= 4 is 16.6 Å². The van der Waals surface area contributed by atoms with Gasteiger partial charge in [-0.3, -0.25) is 4.79 Å². The fourth-order valence-corrected chi connectivity index (χ4v) is 2.04. The molecule has 0 unspecified atom stereocenters. The molecule has 3 heteroatoms. The van der Waals surface area contributed by atoms with Gasteiger partial charge in [0.2, 0.25) is 0 Å². The molecule has 0 spiro atoms. The summed E-state index contributed by atoms with van der Waals surface area (Å²) in [5.74, 6) is 0.822. The normalized spacial score (nSPS) is 12.4. The molecule has 0 saturated heterocycles. The molecule has 100 valence electrons. The van der Waals surface area contributed by atoms with Crippen LogP contribution in [0.1, 0.15) is 30.6 Å². The van der Waals surface area contributed by atoms with Crippen molar-refractivity contribution in [2.45, 2.75) is 26.4 Å². The van der Waals surface area contributed by atoms with Crippen LogP contribution in [0.15, 0.2) is 36.4 Å². The van der Waals surface area contributed by atoms with Gasteiger partial charge in [-0.25, -0.2) is 0 Å². The third-order valence-electron chi connectivity index (χ3n) is 2.99. The summed E-state index contributed by atoms with van der Waals surface area (Å²) in [6, 6.07) is 11.3. The smallest absolute Gasteiger partial charge is 0.163 e. The average molecular weight is 258 g/mol. The molecule has 0 heterocycles. The van der Waals surface area contributed by atoms with Crippen molar-refractivity contribution in [2.24, 2.45) is 0 Å². The van der Waals surface area contributed by atoms with Gasteiger partial charge in [0.25, 0.3) is 0 Å². The minimum absolute atomic E-state index is 0.123. The SMILES string of the molecule is CCC(=O)c1ccc(OC[C@H](C)O)c2ccccc12. The number of hydrogen-bond acceptors (Lipinski definition) is 3. The second-order valence-electron chi connectivity index (χ2n) is 4.59. The zero-order valence-corrected chi connectivity index (χ0v) is 11.2. The van der Waals surface area contributed by atoms with E-state index in [9.17, 15) is 9.90 Å². The quantitative estimate of drug-likeness (QED) is 0.838. The first-order valence-corrected chi connectivity index (χ1v) is 6.49. The molecule has 2 rings (SSSR count). The summed E-state index contributed by atoms with van der Waals surface area (Å²) in [5.41, 5.74) is 0.725. The number of benzene rings is 2. The predicted molar refractivity (Wildman–Crippen MR) is 75.7 cm³/mol. The first-order valence-electron chi connectivity index (χ1n) is 6.49. The summed E-state index contributed by atoms with van der Waals surface area (Å²) in [6.07, 6.45) is -0.0339. The summed E-state index contributed by atoms with van der Waals surface area (Å²) < 4.78 is 5.59. The van der Waals surface area contributed by atoms with Crippen LogP contribution in [-0.2, 0) is 0 Å². The number of fused-ring (bicyclic) bond motifs is 1. The van der Waals surface area contributed by atoms with E-state index in [2.05, 4.69) is 0 Å². The predicted octanol–water partition coefficient (Wildman–Crippen LogP) is 3.19. The van der Waals surface area contributed by atoms with E-state index >= 15 is 0 Å². The highest BCUT2D eigenvalue weighted by molar-refractivity contribution is 6.09. The van der Waals surface area contributed by atoms with Crippen LogP contribution in [0.2, 0.25) is 0 Å². The number of carbonyl (C=O) groups excluding carboxylic acids is 1. The molecule has 0 radical (unpaired) electrons. The molecule has 2 aromatic carbocycles. The van der Waals surface area contributed by atoms with Gasteiger partial charge in [0.15, 0.2) is 5.78 Å². The maximum absolute atomic E-state index is 11.9. The maximum atomic E-state index is 11.9. The van der Waals surface area contributed by atoms with Crippen LogP contribution >= 0.6 is 0 Å². The van der Waals surface area contributed by atoms with E-state index in [1.165, 1.54) is 0 Å². The molecule has 0 aliphatic rings. The summed E-state index contributed by atoms with van der Waals surface area (Å²) in [5, 5.41) is 11.1. The molecule has 0 bridgehead atoms. The molecule has 2 aromatic rings. The van der Waals surface area contributed by atoms with E-state index in [1.54, 1.807) is 19.1 Å². The molecule has 19 heavy (non-hydrogen) atoms. The molecule has 0 aliphatic heterocycles. The van der Waals surface area contributed by atoms with Crippen LogP contribution < -0.4 is 4.74 Å². The second kappa shape index (κ2) is 5.85. The lowest BCUT2D eigenvalue weighted by Crippen LogP contribution is -2.13. The van der Waals surface area contributed by atoms with E-state index in [4.69, 9.17) is 4.74 Å². The van der Waals surface area contributed by atoms with Gasteiger partial charge < -0.3 is 9.84 Å². The Hall–Kier alpha value is -1.87. The van der Waals surface area contributed by atoms with E-state index < -0.39 is 6.10 Å². The number of aliphatic hydroxyl groups is 1.